The Labute approximate surface area is 170 Å². The molecule has 3 aromatic rings. The highest BCUT2D eigenvalue weighted by molar-refractivity contribution is 6.06. The first-order valence-electron chi connectivity index (χ1n) is 9.24. The average molecular weight is 388 g/mol. The number of nitrogen functional groups attached to an aromatic ring is 1. The first-order valence-corrected chi connectivity index (χ1v) is 9.24. The van der Waals surface area contributed by atoms with E-state index in [1.54, 1.807) is 48.5 Å². The number of hydrogen-bond acceptors (Lipinski definition) is 4. The first-order chi connectivity index (χ1) is 13.9. The molecule has 6 heteroatoms. The van der Waals surface area contributed by atoms with Crippen molar-refractivity contribution in [3.8, 4) is 0 Å². The number of anilines is 4. The Kier molecular flexibility index (Phi) is 6.14. The Morgan fingerprint density at radius 2 is 1.52 bits per heavy atom. The largest absolute Gasteiger partial charge is 0.397 e. The first kappa shape index (κ1) is 19.9. The van der Waals surface area contributed by atoms with E-state index in [0.29, 0.717) is 22.6 Å². The standard InChI is InChI=1S/C23H24N4O2/c1-27(2)19-13-7-16(8-14-19)15-22(28)25-18-11-9-17(10-12-18)23(29)26-21-6-4-3-5-20(21)24/h3-14H,15,24H2,1-2H3,(H,25,28)(H,26,29). The molecule has 0 aliphatic heterocycles. The Balaban J connectivity index is 1.57. The van der Waals surface area contributed by atoms with E-state index in [1.807, 2.05) is 43.3 Å². The molecule has 0 spiro atoms. The van der Waals surface area contributed by atoms with Crippen molar-refractivity contribution in [2.45, 2.75) is 6.42 Å². The zero-order valence-electron chi connectivity index (χ0n) is 16.5. The number of hydrogen-bond donors (Lipinski definition) is 3. The third-order valence-electron chi connectivity index (χ3n) is 4.46. The highest BCUT2D eigenvalue weighted by Crippen LogP contribution is 2.19. The van der Waals surface area contributed by atoms with Crippen LogP contribution in [0.15, 0.2) is 72.8 Å². The summed E-state index contributed by atoms with van der Waals surface area (Å²) < 4.78 is 0. The lowest BCUT2D eigenvalue weighted by molar-refractivity contribution is -0.115. The molecule has 3 rings (SSSR count). The summed E-state index contributed by atoms with van der Waals surface area (Å²) in [7, 11) is 3.95. The molecule has 0 heterocycles. The van der Waals surface area contributed by atoms with Gasteiger partial charge in [-0.15, -0.1) is 0 Å². The molecule has 0 saturated heterocycles. The second-order valence-electron chi connectivity index (χ2n) is 6.90. The van der Waals surface area contributed by atoms with E-state index < -0.39 is 0 Å². The van der Waals surface area contributed by atoms with Gasteiger partial charge in [0, 0.05) is 31.0 Å². The Morgan fingerprint density at radius 3 is 2.14 bits per heavy atom. The van der Waals surface area contributed by atoms with Crippen LogP contribution in [0, 0.1) is 0 Å². The van der Waals surface area contributed by atoms with Crippen LogP contribution in [-0.4, -0.2) is 25.9 Å². The summed E-state index contributed by atoms with van der Waals surface area (Å²) in [5.41, 5.74) is 10.0. The van der Waals surface area contributed by atoms with Crippen LogP contribution in [0.25, 0.3) is 0 Å². The fourth-order valence-corrected chi connectivity index (χ4v) is 2.81. The fourth-order valence-electron chi connectivity index (χ4n) is 2.81. The van der Waals surface area contributed by atoms with Gasteiger partial charge in [0.2, 0.25) is 5.91 Å². The number of para-hydroxylation sites is 2. The van der Waals surface area contributed by atoms with Crippen LogP contribution in [0.1, 0.15) is 15.9 Å². The van der Waals surface area contributed by atoms with Gasteiger partial charge in [-0.05, 0) is 54.1 Å². The number of benzene rings is 3. The maximum Gasteiger partial charge on any atom is 0.255 e. The van der Waals surface area contributed by atoms with Crippen molar-refractivity contribution in [2.75, 3.05) is 35.4 Å². The number of nitrogens with two attached hydrogens (primary N) is 1. The van der Waals surface area contributed by atoms with Gasteiger partial charge in [0.05, 0.1) is 17.8 Å². The topological polar surface area (TPSA) is 87.5 Å². The molecule has 148 valence electrons. The van der Waals surface area contributed by atoms with E-state index in [1.165, 1.54) is 0 Å². The maximum atomic E-state index is 12.4. The van der Waals surface area contributed by atoms with Gasteiger partial charge < -0.3 is 21.3 Å². The van der Waals surface area contributed by atoms with Crippen LogP contribution in [0.5, 0.6) is 0 Å². The van der Waals surface area contributed by atoms with Crippen molar-refractivity contribution in [2.24, 2.45) is 0 Å². The summed E-state index contributed by atoms with van der Waals surface area (Å²) in [6.07, 6.45) is 0.281. The van der Waals surface area contributed by atoms with Gasteiger partial charge >= 0.3 is 0 Å². The molecule has 3 aromatic carbocycles. The summed E-state index contributed by atoms with van der Waals surface area (Å²) in [5.74, 6) is -0.376. The van der Waals surface area contributed by atoms with E-state index in [9.17, 15) is 9.59 Å². The van der Waals surface area contributed by atoms with Crippen molar-refractivity contribution < 1.29 is 9.59 Å². The number of carbonyl (C=O) groups is 2. The number of carbonyl (C=O) groups excluding carboxylic acids is 2. The lowest BCUT2D eigenvalue weighted by atomic mass is 10.1. The molecule has 0 atom stereocenters. The lowest BCUT2D eigenvalue weighted by Gasteiger charge is -2.12. The minimum absolute atomic E-state index is 0.114. The van der Waals surface area contributed by atoms with Gasteiger partial charge in [0.25, 0.3) is 5.91 Å². The van der Waals surface area contributed by atoms with Gasteiger partial charge in [0.15, 0.2) is 0 Å². The van der Waals surface area contributed by atoms with Gasteiger partial charge in [-0.25, -0.2) is 0 Å². The van der Waals surface area contributed by atoms with E-state index in [4.69, 9.17) is 5.73 Å². The minimum Gasteiger partial charge on any atom is -0.397 e. The molecule has 0 fully saturated rings. The quantitative estimate of drug-likeness (QED) is 0.561. The van der Waals surface area contributed by atoms with Crippen molar-refractivity contribution >= 4 is 34.6 Å². The highest BCUT2D eigenvalue weighted by atomic mass is 16.2. The fraction of sp³-hybridized carbons (Fsp3) is 0.130. The summed E-state index contributed by atoms with van der Waals surface area (Å²) in [4.78, 5) is 26.6. The second-order valence-corrected chi connectivity index (χ2v) is 6.90. The van der Waals surface area contributed by atoms with Crippen LogP contribution in [0.3, 0.4) is 0 Å². The maximum absolute atomic E-state index is 12.4. The van der Waals surface area contributed by atoms with Gasteiger partial charge in [0.1, 0.15) is 0 Å². The average Bonchev–Trinajstić information content (AvgIpc) is 2.70. The SMILES string of the molecule is CN(C)c1ccc(CC(=O)Nc2ccc(C(=O)Nc3ccccc3N)cc2)cc1. The van der Waals surface area contributed by atoms with Crippen molar-refractivity contribution in [3.05, 3.63) is 83.9 Å². The van der Waals surface area contributed by atoms with Crippen LogP contribution in [-0.2, 0) is 11.2 Å². The third kappa shape index (κ3) is 5.35. The Bertz CT molecular complexity index is 996. The second kappa shape index (κ2) is 8.93. The van der Waals surface area contributed by atoms with Crippen molar-refractivity contribution in [3.63, 3.8) is 0 Å². The van der Waals surface area contributed by atoms with Crippen LogP contribution < -0.4 is 21.3 Å². The summed E-state index contributed by atoms with van der Waals surface area (Å²) in [6.45, 7) is 0. The van der Waals surface area contributed by atoms with Crippen molar-refractivity contribution in [1.29, 1.82) is 0 Å². The van der Waals surface area contributed by atoms with Crippen LogP contribution >= 0.6 is 0 Å². The molecule has 0 saturated carbocycles. The zero-order valence-corrected chi connectivity index (χ0v) is 16.5. The zero-order chi connectivity index (χ0) is 20.8. The van der Waals surface area contributed by atoms with E-state index in [2.05, 4.69) is 10.6 Å². The molecule has 0 radical (unpaired) electrons. The molecule has 0 aliphatic carbocycles. The third-order valence-corrected chi connectivity index (χ3v) is 4.46. The van der Waals surface area contributed by atoms with E-state index in [-0.39, 0.29) is 18.2 Å². The van der Waals surface area contributed by atoms with Crippen molar-refractivity contribution in [1.82, 2.24) is 0 Å². The minimum atomic E-state index is -0.262. The number of nitrogens with zero attached hydrogens (tertiary/aromatic N) is 1. The van der Waals surface area contributed by atoms with Crippen LogP contribution in [0.2, 0.25) is 0 Å². The summed E-state index contributed by atoms with van der Waals surface area (Å²) >= 11 is 0. The molecule has 29 heavy (non-hydrogen) atoms. The Morgan fingerprint density at radius 1 is 0.862 bits per heavy atom. The summed E-state index contributed by atoms with van der Waals surface area (Å²) in [6, 6.07) is 21.7. The molecular weight excluding hydrogens is 364 g/mol. The van der Waals surface area contributed by atoms with E-state index in [0.717, 1.165) is 11.3 Å². The van der Waals surface area contributed by atoms with Gasteiger partial charge in [-0.3, -0.25) is 9.59 Å². The number of amides is 2. The molecular formula is C23H24N4O2. The van der Waals surface area contributed by atoms with E-state index >= 15 is 0 Å². The predicted molar refractivity (Wildman–Crippen MR) is 118 cm³/mol. The Hall–Kier alpha value is -3.80. The van der Waals surface area contributed by atoms with Crippen LogP contribution in [0.4, 0.5) is 22.7 Å². The molecule has 0 aromatic heterocycles. The monoisotopic (exact) mass is 388 g/mol. The highest BCUT2D eigenvalue weighted by Gasteiger charge is 2.09. The molecule has 2 amide bonds. The number of rotatable bonds is 6. The molecule has 0 unspecified atom stereocenters. The lowest BCUT2D eigenvalue weighted by Crippen LogP contribution is -2.15. The summed E-state index contributed by atoms with van der Waals surface area (Å²) in [5, 5.41) is 5.63. The van der Waals surface area contributed by atoms with Gasteiger partial charge in [-0.1, -0.05) is 24.3 Å². The molecule has 0 bridgehead atoms. The smallest absolute Gasteiger partial charge is 0.255 e. The predicted octanol–water partition coefficient (Wildman–Crippen LogP) is 3.77. The molecule has 4 N–H and O–H groups in total. The molecule has 0 aliphatic rings. The molecule has 6 nitrogen and oxygen atoms in total. The van der Waals surface area contributed by atoms with Gasteiger partial charge in [-0.2, -0.15) is 0 Å². The normalized spacial score (nSPS) is 10.3. The number of nitrogens with one attached hydrogen (secondary N) is 2.